The van der Waals surface area contributed by atoms with Gasteiger partial charge in [0.05, 0.1) is 6.61 Å². The van der Waals surface area contributed by atoms with Gasteiger partial charge in [-0.25, -0.2) is 0 Å². The Kier molecular flexibility index (Phi) is 2.73. The van der Waals surface area contributed by atoms with Crippen molar-refractivity contribution >= 4 is 5.97 Å². The average molecular weight is 171 g/mol. The Morgan fingerprint density at radius 1 is 1.67 bits per heavy atom. The summed E-state index contributed by atoms with van der Waals surface area (Å²) < 4.78 is 5.12. The zero-order valence-electron chi connectivity index (χ0n) is 8.02. The third kappa shape index (κ3) is 2.48. The van der Waals surface area contributed by atoms with E-state index in [2.05, 4.69) is 12.2 Å². The normalized spacial score (nSPS) is 21.6. The molecule has 0 unspecified atom stereocenters. The minimum absolute atomic E-state index is 0.148. The molecule has 0 saturated heterocycles. The highest BCUT2D eigenvalue weighted by Crippen LogP contribution is 2.44. The van der Waals surface area contributed by atoms with Gasteiger partial charge < -0.3 is 10.1 Å². The summed E-state index contributed by atoms with van der Waals surface area (Å²) in [7, 11) is 1.75. The average Bonchev–Trinajstić information content (AvgIpc) is 2.79. The largest absolute Gasteiger partial charge is 0.464 e. The van der Waals surface area contributed by atoms with E-state index < -0.39 is 0 Å². The van der Waals surface area contributed by atoms with Crippen molar-refractivity contribution in [2.45, 2.75) is 32.7 Å². The van der Waals surface area contributed by atoms with Gasteiger partial charge >= 0.3 is 5.97 Å². The number of likely N-dealkylation sites (N-methyl/N-ethyl adjacent to an activating group) is 1. The lowest BCUT2D eigenvalue weighted by Gasteiger charge is -2.13. The molecule has 3 heteroatoms. The molecule has 0 heterocycles. The van der Waals surface area contributed by atoms with Gasteiger partial charge in [-0.05, 0) is 26.8 Å². The van der Waals surface area contributed by atoms with Crippen LogP contribution in [0.4, 0.5) is 0 Å². The van der Waals surface area contributed by atoms with Crippen LogP contribution in [0.25, 0.3) is 0 Å². The molecule has 0 aromatic rings. The van der Waals surface area contributed by atoms with E-state index in [1.54, 1.807) is 14.0 Å². The zero-order valence-corrected chi connectivity index (χ0v) is 8.02. The van der Waals surface area contributed by atoms with Crippen LogP contribution in [0.3, 0.4) is 0 Å². The number of ether oxygens (including phenoxy) is 1. The van der Waals surface area contributed by atoms with Crippen molar-refractivity contribution in [1.29, 1.82) is 0 Å². The summed E-state index contributed by atoms with van der Waals surface area (Å²) in [5.41, 5.74) is 0.295. The van der Waals surface area contributed by atoms with Gasteiger partial charge in [-0.3, -0.25) is 4.79 Å². The predicted molar refractivity (Wildman–Crippen MR) is 46.8 cm³/mol. The van der Waals surface area contributed by atoms with E-state index in [0.717, 1.165) is 0 Å². The Labute approximate surface area is 73.5 Å². The van der Waals surface area contributed by atoms with Crippen molar-refractivity contribution in [3.8, 4) is 0 Å². The molecule has 1 fully saturated rings. The minimum atomic E-state index is -0.188. The van der Waals surface area contributed by atoms with Crippen LogP contribution in [0.1, 0.15) is 26.7 Å². The molecule has 1 N–H and O–H groups in total. The summed E-state index contributed by atoms with van der Waals surface area (Å²) in [6, 6.07) is -0.188. The maximum absolute atomic E-state index is 11.2. The first kappa shape index (κ1) is 9.52. The lowest BCUT2D eigenvalue weighted by Crippen LogP contribution is -2.33. The second-order valence-corrected chi connectivity index (χ2v) is 3.93. The first-order valence-corrected chi connectivity index (χ1v) is 4.41. The summed E-state index contributed by atoms with van der Waals surface area (Å²) in [5.74, 6) is -0.148. The number of rotatable bonds is 4. The van der Waals surface area contributed by atoms with E-state index in [0.29, 0.717) is 12.0 Å². The first-order valence-electron chi connectivity index (χ1n) is 4.41. The standard InChI is InChI=1S/C9H17NO2/c1-7(10-3)8(11)12-6-9(2)4-5-9/h7,10H,4-6H2,1-3H3/t7-/m0/s1. The van der Waals surface area contributed by atoms with E-state index in [9.17, 15) is 4.79 Å². The highest BCUT2D eigenvalue weighted by atomic mass is 16.5. The van der Waals surface area contributed by atoms with Crippen LogP contribution in [0, 0.1) is 5.41 Å². The summed E-state index contributed by atoms with van der Waals surface area (Å²) in [5, 5.41) is 2.85. The SMILES string of the molecule is CN[C@@H](C)C(=O)OCC1(C)CC1. The van der Waals surface area contributed by atoms with Crippen molar-refractivity contribution in [2.24, 2.45) is 5.41 Å². The van der Waals surface area contributed by atoms with Crippen molar-refractivity contribution in [2.75, 3.05) is 13.7 Å². The molecule has 0 aliphatic heterocycles. The molecular formula is C9H17NO2. The summed E-state index contributed by atoms with van der Waals surface area (Å²) >= 11 is 0. The number of carbonyl (C=O) groups excluding carboxylic acids is 1. The molecule has 0 bridgehead atoms. The van der Waals surface area contributed by atoms with Crippen LogP contribution in [-0.2, 0) is 9.53 Å². The molecule has 1 atom stereocenters. The van der Waals surface area contributed by atoms with Crippen LogP contribution < -0.4 is 5.32 Å². The van der Waals surface area contributed by atoms with Gasteiger partial charge in [-0.1, -0.05) is 6.92 Å². The molecule has 0 amide bonds. The van der Waals surface area contributed by atoms with Crippen LogP contribution in [-0.4, -0.2) is 25.7 Å². The summed E-state index contributed by atoms with van der Waals surface area (Å²) in [6.07, 6.45) is 2.38. The highest BCUT2D eigenvalue weighted by Gasteiger charge is 2.38. The molecule has 0 aromatic carbocycles. The molecular weight excluding hydrogens is 154 g/mol. The number of esters is 1. The Morgan fingerprint density at radius 3 is 2.67 bits per heavy atom. The number of carbonyl (C=O) groups is 1. The third-order valence-electron chi connectivity index (χ3n) is 2.45. The second kappa shape index (κ2) is 3.44. The van der Waals surface area contributed by atoms with Gasteiger partial charge in [0.25, 0.3) is 0 Å². The number of hydrogen-bond acceptors (Lipinski definition) is 3. The fraction of sp³-hybridized carbons (Fsp3) is 0.889. The molecule has 12 heavy (non-hydrogen) atoms. The fourth-order valence-electron chi connectivity index (χ4n) is 0.846. The highest BCUT2D eigenvalue weighted by molar-refractivity contribution is 5.75. The van der Waals surface area contributed by atoms with Crippen LogP contribution in [0.2, 0.25) is 0 Å². The Morgan fingerprint density at radius 2 is 2.25 bits per heavy atom. The third-order valence-corrected chi connectivity index (χ3v) is 2.45. The van der Waals surface area contributed by atoms with Gasteiger partial charge in [0.2, 0.25) is 0 Å². The van der Waals surface area contributed by atoms with Crippen LogP contribution in [0.5, 0.6) is 0 Å². The first-order chi connectivity index (χ1) is 5.57. The molecule has 0 aromatic heterocycles. The minimum Gasteiger partial charge on any atom is -0.464 e. The molecule has 0 radical (unpaired) electrons. The monoisotopic (exact) mass is 171 g/mol. The second-order valence-electron chi connectivity index (χ2n) is 3.93. The van der Waals surface area contributed by atoms with Gasteiger partial charge in [-0.15, -0.1) is 0 Å². The predicted octanol–water partition coefficient (Wildman–Crippen LogP) is 0.938. The molecule has 0 spiro atoms. The van der Waals surface area contributed by atoms with E-state index in [-0.39, 0.29) is 12.0 Å². The van der Waals surface area contributed by atoms with Crippen molar-refractivity contribution in [3.63, 3.8) is 0 Å². The van der Waals surface area contributed by atoms with Crippen LogP contribution >= 0.6 is 0 Å². The summed E-state index contributed by atoms with van der Waals surface area (Å²) in [4.78, 5) is 11.2. The number of hydrogen-bond donors (Lipinski definition) is 1. The molecule has 1 aliphatic rings. The topological polar surface area (TPSA) is 38.3 Å². The lowest BCUT2D eigenvalue weighted by molar-refractivity contribution is -0.147. The van der Waals surface area contributed by atoms with Crippen molar-refractivity contribution < 1.29 is 9.53 Å². The maximum Gasteiger partial charge on any atom is 0.322 e. The van der Waals surface area contributed by atoms with E-state index in [1.165, 1.54) is 12.8 Å². The van der Waals surface area contributed by atoms with E-state index in [1.807, 2.05) is 0 Å². The quantitative estimate of drug-likeness (QED) is 0.640. The Balaban J connectivity index is 2.18. The fourth-order valence-corrected chi connectivity index (χ4v) is 0.846. The molecule has 3 nitrogen and oxygen atoms in total. The van der Waals surface area contributed by atoms with Crippen molar-refractivity contribution in [3.05, 3.63) is 0 Å². The van der Waals surface area contributed by atoms with E-state index in [4.69, 9.17) is 4.74 Å². The lowest BCUT2D eigenvalue weighted by atomic mass is 10.2. The molecule has 1 saturated carbocycles. The van der Waals surface area contributed by atoms with Crippen molar-refractivity contribution in [1.82, 2.24) is 5.32 Å². The van der Waals surface area contributed by atoms with E-state index >= 15 is 0 Å². The van der Waals surface area contributed by atoms with Gasteiger partial charge in [-0.2, -0.15) is 0 Å². The van der Waals surface area contributed by atoms with Gasteiger partial charge in [0.15, 0.2) is 0 Å². The van der Waals surface area contributed by atoms with Gasteiger partial charge in [0.1, 0.15) is 6.04 Å². The van der Waals surface area contributed by atoms with Crippen LogP contribution in [0.15, 0.2) is 0 Å². The zero-order chi connectivity index (χ0) is 9.19. The number of nitrogens with one attached hydrogen (secondary N) is 1. The Bertz CT molecular complexity index is 175. The molecule has 1 aliphatic carbocycles. The van der Waals surface area contributed by atoms with Gasteiger partial charge in [0, 0.05) is 5.41 Å². The Hall–Kier alpha value is -0.570. The molecule has 1 rings (SSSR count). The smallest absolute Gasteiger partial charge is 0.322 e. The maximum atomic E-state index is 11.2. The molecule has 70 valence electrons. The summed E-state index contributed by atoms with van der Waals surface area (Å²) in [6.45, 7) is 4.53.